The van der Waals surface area contributed by atoms with Gasteiger partial charge in [0.25, 0.3) is 11.8 Å². The highest BCUT2D eigenvalue weighted by molar-refractivity contribution is 6.12. The molecule has 1 heterocycles. The summed E-state index contributed by atoms with van der Waals surface area (Å²) < 4.78 is 18.5. The summed E-state index contributed by atoms with van der Waals surface area (Å²) in [6.07, 6.45) is 0. The van der Waals surface area contributed by atoms with E-state index in [2.05, 4.69) is 15.5 Å². The van der Waals surface area contributed by atoms with Crippen LogP contribution in [0.2, 0.25) is 0 Å². The van der Waals surface area contributed by atoms with Crippen LogP contribution < -0.4 is 5.32 Å². The molecule has 0 aliphatic heterocycles. The highest BCUT2D eigenvalue weighted by Crippen LogP contribution is 2.23. The van der Waals surface area contributed by atoms with Crippen LogP contribution in [0.25, 0.3) is 22.2 Å². The molecule has 0 spiro atoms. The van der Waals surface area contributed by atoms with Crippen LogP contribution in [0.5, 0.6) is 0 Å². The van der Waals surface area contributed by atoms with Crippen molar-refractivity contribution in [3.8, 4) is 11.5 Å². The Bertz CT molecular complexity index is 1100. The number of halogens is 1. The lowest BCUT2D eigenvalue weighted by atomic mass is 10.0. The molecule has 0 bridgehead atoms. The van der Waals surface area contributed by atoms with Crippen molar-refractivity contribution in [2.45, 2.75) is 6.92 Å². The summed E-state index contributed by atoms with van der Waals surface area (Å²) >= 11 is 0. The minimum atomic E-state index is -0.332. The number of hydrogen-bond donors (Lipinski definition) is 1. The molecule has 1 N–H and O–H groups in total. The van der Waals surface area contributed by atoms with Crippen molar-refractivity contribution in [3.63, 3.8) is 0 Å². The van der Waals surface area contributed by atoms with E-state index in [0.717, 1.165) is 5.56 Å². The lowest BCUT2D eigenvalue weighted by Crippen LogP contribution is -2.12. The minimum absolute atomic E-state index is 0.261. The first-order valence-corrected chi connectivity index (χ1v) is 8.00. The van der Waals surface area contributed by atoms with Gasteiger partial charge in [-0.2, -0.15) is 4.98 Å². The summed E-state index contributed by atoms with van der Waals surface area (Å²) in [5.41, 5.74) is 1.89. The Morgan fingerprint density at radius 2 is 1.88 bits per heavy atom. The van der Waals surface area contributed by atoms with Crippen LogP contribution in [0.3, 0.4) is 0 Å². The van der Waals surface area contributed by atoms with Crippen LogP contribution >= 0.6 is 0 Å². The standard InChI is InChI=1S/C20H14FN3O2/c1-12-22-20(26-24-12)13-5-8-16(9-6-13)23-19(25)18-4-2-3-14-11-15(21)7-10-17(14)18/h2-11H,1H3,(H,23,25). The first-order valence-electron chi connectivity index (χ1n) is 8.00. The normalized spacial score (nSPS) is 10.8. The summed E-state index contributed by atoms with van der Waals surface area (Å²) in [6, 6.07) is 16.7. The number of benzene rings is 3. The monoisotopic (exact) mass is 347 g/mol. The topological polar surface area (TPSA) is 68.0 Å². The van der Waals surface area contributed by atoms with Crippen molar-refractivity contribution in [3.05, 3.63) is 77.9 Å². The van der Waals surface area contributed by atoms with Crippen LogP contribution in [0, 0.1) is 12.7 Å². The Morgan fingerprint density at radius 3 is 2.62 bits per heavy atom. The fourth-order valence-corrected chi connectivity index (χ4v) is 2.76. The van der Waals surface area contributed by atoms with Gasteiger partial charge in [-0.15, -0.1) is 0 Å². The highest BCUT2D eigenvalue weighted by atomic mass is 19.1. The van der Waals surface area contributed by atoms with E-state index in [0.29, 0.717) is 33.7 Å². The molecule has 5 nitrogen and oxygen atoms in total. The summed E-state index contributed by atoms with van der Waals surface area (Å²) in [5.74, 6) is 0.395. The molecular weight excluding hydrogens is 333 g/mol. The van der Waals surface area contributed by atoms with Crippen LogP contribution in [0.4, 0.5) is 10.1 Å². The van der Waals surface area contributed by atoms with Gasteiger partial charge in [0.05, 0.1) is 0 Å². The fourth-order valence-electron chi connectivity index (χ4n) is 2.76. The first kappa shape index (κ1) is 16.0. The molecule has 0 unspecified atom stereocenters. The predicted molar refractivity (Wildman–Crippen MR) is 96.3 cm³/mol. The fraction of sp³-hybridized carbons (Fsp3) is 0.0500. The van der Waals surface area contributed by atoms with E-state index in [1.165, 1.54) is 12.1 Å². The quantitative estimate of drug-likeness (QED) is 0.588. The predicted octanol–water partition coefficient (Wildman–Crippen LogP) is 4.59. The zero-order chi connectivity index (χ0) is 18.1. The Labute approximate surface area is 148 Å². The molecule has 0 saturated carbocycles. The van der Waals surface area contributed by atoms with E-state index in [1.807, 2.05) is 0 Å². The molecule has 1 aromatic heterocycles. The number of carbonyl (C=O) groups is 1. The highest BCUT2D eigenvalue weighted by Gasteiger charge is 2.11. The Balaban J connectivity index is 1.59. The van der Waals surface area contributed by atoms with Gasteiger partial charge in [-0.3, -0.25) is 4.79 Å². The van der Waals surface area contributed by atoms with Crippen LogP contribution in [-0.2, 0) is 0 Å². The molecule has 4 rings (SSSR count). The number of aryl methyl sites for hydroxylation is 1. The average Bonchev–Trinajstić information content (AvgIpc) is 3.08. The zero-order valence-corrected chi connectivity index (χ0v) is 13.9. The number of amides is 1. The van der Waals surface area contributed by atoms with E-state index in [-0.39, 0.29) is 11.7 Å². The average molecular weight is 347 g/mol. The third kappa shape index (κ3) is 3.04. The van der Waals surface area contributed by atoms with Gasteiger partial charge >= 0.3 is 0 Å². The van der Waals surface area contributed by atoms with Crippen molar-refractivity contribution in [2.75, 3.05) is 5.32 Å². The van der Waals surface area contributed by atoms with Gasteiger partial charge in [-0.25, -0.2) is 4.39 Å². The minimum Gasteiger partial charge on any atom is -0.334 e. The number of rotatable bonds is 3. The summed E-state index contributed by atoms with van der Waals surface area (Å²) in [7, 11) is 0. The second kappa shape index (κ2) is 6.40. The van der Waals surface area contributed by atoms with E-state index in [1.54, 1.807) is 55.5 Å². The molecule has 0 aliphatic rings. The molecule has 0 saturated heterocycles. The maximum Gasteiger partial charge on any atom is 0.257 e. The summed E-state index contributed by atoms with van der Waals surface area (Å²) in [4.78, 5) is 16.8. The van der Waals surface area contributed by atoms with Crippen LogP contribution in [0.1, 0.15) is 16.2 Å². The maximum atomic E-state index is 13.4. The third-order valence-electron chi connectivity index (χ3n) is 4.00. The molecule has 6 heteroatoms. The molecule has 0 atom stereocenters. The smallest absolute Gasteiger partial charge is 0.257 e. The third-order valence-corrected chi connectivity index (χ3v) is 4.00. The van der Waals surface area contributed by atoms with Crippen molar-refractivity contribution < 1.29 is 13.7 Å². The molecule has 0 radical (unpaired) electrons. The van der Waals surface area contributed by atoms with Crippen LogP contribution in [0.15, 0.2) is 65.2 Å². The van der Waals surface area contributed by atoms with Crippen molar-refractivity contribution in [1.29, 1.82) is 0 Å². The van der Waals surface area contributed by atoms with Crippen molar-refractivity contribution in [2.24, 2.45) is 0 Å². The molecule has 0 aliphatic carbocycles. The van der Waals surface area contributed by atoms with Gasteiger partial charge in [0, 0.05) is 16.8 Å². The van der Waals surface area contributed by atoms with E-state index in [4.69, 9.17) is 4.52 Å². The second-order valence-corrected chi connectivity index (χ2v) is 5.85. The molecule has 128 valence electrons. The van der Waals surface area contributed by atoms with Gasteiger partial charge in [-0.1, -0.05) is 23.4 Å². The largest absolute Gasteiger partial charge is 0.334 e. The number of carbonyl (C=O) groups excluding carboxylic acids is 1. The summed E-state index contributed by atoms with van der Waals surface area (Å²) in [6.45, 7) is 1.75. The Morgan fingerprint density at radius 1 is 1.08 bits per heavy atom. The van der Waals surface area contributed by atoms with Gasteiger partial charge in [0.15, 0.2) is 5.82 Å². The van der Waals surface area contributed by atoms with E-state index >= 15 is 0 Å². The number of fused-ring (bicyclic) bond motifs is 1. The second-order valence-electron chi connectivity index (χ2n) is 5.85. The van der Waals surface area contributed by atoms with Gasteiger partial charge < -0.3 is 9.84 Å². The lowest BCUT2D eigenvalue weighted by molar-refractivity contribution is 0.102. The number of nitrogens with zero attached hydrogens (tertiary/aromatic N) is 2. The first-order chi connectivity index (χ1) is 12.6. The molecule has 0 fully saturated rings. The molecule has 26 heavy (non-hydrogen) atoms. The van der Waals surface area contributed by atoms with E-state index < -0.39 is 0 Å². The van der Waals surface area contributed by atoms with Gasteiger partial charge in [0.2, 0.25) is 0 Å². The number of hydrogen-bond acceptors (Lipinski definition) is 4. The number of anilines is 1. The van der Waals surface area contributed by atoms with Gasteiger partial charge in [-0.05, 0) is 60.2 Å². The van der Waals surface area contributed by atoms with E-state index in [9.17, 15) is 9.18 Å². The molecule has 1 amide bonds. The molecular formula is C20H14FN3O2. The Kier molecular flexibility index (Phi) is 3.93. The van der Waals surface area contributed by atoms with Crippen molar-refractivity contribution in [1.82, 2.24) is 10.1 Å². The Hall–Kier alpha value is -3.54. The summed E-state index contributed by atoms with van der Waals surface area (Å²) in [5, 5.41) is 7.98. The molecule has 3 aromatic carbocycles. The maximum absolute atomic E-state index is 13.4. The van der Waals surface area contributed by atoms with Crippen molar-refractivity contribution >= 4 is 22.4 Å². The lowest BCUT2D eigenvalue weighted by Gasteiger charge is -2.08. The number of nitrogens with one attached hydrogen (secondary N) is 1. The number of aromatic nitrogens is 2. The van der Waals surface area contributed by atoms with Gasteiger partial charge in [0.1, 0.15) is 5.82 Å². The molecule has 4 aromatic rings. The SMILES string of the molecule is Cc1noc(-c2ccc(NC(=O)c3cccc4cc(F)ccc34)cc2)n1. The van der Waals surface area contributed by atoms with Crippen LogP contribution in [-0.4, -0.2) is 16.0 Å². The zero-order valence-electron chi connectivity index (χ0n) is 13.9.